The van der Waals surface area contributed by atoms with E-state index in [9.17, 15) is 9.59 Å². The van der Waals surface area contributed by atoms with Crippen molar-refractivity contribution in [1.29, 1.82) is 0 Å². The minimum Gasteiger partial charge on any atom is -0.444 e. The fraction of sp³-hybridized carbons (Fsp3) is 0.538. The molecule has 0 saturated carbocycles. The first-order valence-corrected chi connectivity index (χ1v) is 6.21. The predicted octanol–water partition coefficient (Wildman–Crippen LogP) is 1.35. The molecule has 0 unspecified atom stereocenters. The lowest BCUT2D eigenvalue weighted by molar-refractivity contribution is 0.0526. The molecule has 0 aromatic carbocycles. The molecule has 6 heteroatoms. The lowest BCUT2D eigenvalue weighted by Gasteiger charge is -2.19. The second-order valence-electron chi connectivity index (χ2n) is 5.28. The van der Waals surface area contributed by atoms with E-state index in [4.69, 9.17) is 10.5 Å². The van der Waals surface area contributed by atoms with Gasteiger partial charge in [0.15, 0.2) is 0 Å². The van der Waals surface area contributed by atoms with Crippen molar-refractivity contribution in [3.63, 3.8) is 0 Å². The fourth-order valence-electron chi connectivity index (χ4n) is 1.48. The molecule has 3 N–H and O–H groups in total. The molecule has 0 fully saturated rings. The highest BCUT2D eigenvalue weighted by molar-refractivity contribution is 5.67. The Morgan fingerprint density at radius 2 is 2.11 bits per heavy atom. The zero-order valence-corrected chi connectivity index (χ0v) is 11.6. The van der Waals surface area contributed by atoms with Crippen LogP contribution in [0.15, 0.2) is 23.1 Å². The van der Waals surface area contributed by atoms with E-state index in [0.717, 1.165) is 0 Å². The van der Waals surface area contributed by atoms with E-state index in [2.05, 4.69) is 5.32 Å². The number of ether oxygens (including phenoxy) is 1. The number of nitrogen functional groups attached to an aromatic ring is 1. The average molecular weight is 267 g/mol. The number of nitrogens with one attached hydrogen (secondary N) is 1. The lowest BCUT2D eigenvalue weighted by Crippen LogP contribution is -2.33. The van der Waals surface area contributed by atoms with Crippen LogP contribution in [-0.4, -0.2) is 22.8 Å². The molecule has 1 rings (SSSR count). The van der Waals surface area contributed by atoms with Crippen molar-refractivity contribution in [3.05, 3.63) is 28.7 Å². The van der Waals surface area contributed by atoms with Gasteiger partial charge in [-0.3, -0.25) is 4.79 Å². The molecule has 0 aliphatic heterocycles. The maximum absolute atomic E-state index is 11.5. The Balaban J connectivity index is 2.33. The number of nitrogens with two attached hydrogens (primary N) is 1. The summed E-state index contributed by atoms with van der Waals surface area (Å²) in [5.41, 5.74) is 5.53. The number of nitrogens with zero attached hydrogens (tertiary/aromatic N) is 1. The minimum absolute atomic E-state index is 0.105. The van der Waals surface area contributed by atoms with Gasteiger partial charge < -0.3 is 20.4 Å². The molecule has 0 spiro atoms. The maximum Gasteiger partial charge on any atom is 0.407 e. The third-order valence-corrected chi connectivity index (χ3v) is 2.25. The average Bonchev–Trinajstić information content (AvgIpc) is 2.26. The van der Waals surface area contributed by atoms with E-state index in [0.29, 0.717) is 25.2 Å². The van der Waals surface area contributed by atoms with Crippen LogP contribution in [0.2, 0.25) is 0 Å². The van der Waals surface area contributed by atoms with Gasteiger partial charge in [0.05, 0.1) is 0 Å². The number of carbonyl (C=O) groups excluding carboxylic acids is 1. The number of rotatable bonds is 4. The highest BCUT2D eigenvalue weighted by Crippen LogP contribution is 2.06. The van der Waals surface area contributed by atoms with Crippen LogP contribution in [0.5, 0.6) is 0 Å². The zero-order valence-electron chi connectivity index (χ0n) is 11.6. The van der Waals surface area contributed by atoms with E-state index < -0.39 is 11.7 Å². The quantitative estimate of drug-likeness (QED) is 0.806. The number of hydrogen-bond donors (Lipinski definition) is 2. The Hall–Kier alpha value is -1.98. The van der Waals surface area contributed by atoms with E-state index in [1.165, 1.54) is 10.6 Å². The lowest BCUT2D eigenvalue weighted by atomic mass is 10.2. The Morgan fingerprint density at radius 3 is 2.74 bits per heavy atom. The molecule has 0 atom stereocenters. The summed E-state index contributed by atoms with van der Waals surface area (Å²) in [5, 5.41) is 2.64. The van der Waals surface area contributed by atoms with Gasteiger partial charge in [0.25, 0.3) is 5.56 Å². The third-order valence-electron chi connectivity index (χ3n) is 2.25. The summed E-state index contributed by atoms with van der Waals surface area (Å²) in [6, 6.07) is 2.99. The van der Waals surface area contributed by atoms with Crippen LogP contribution in [0.3, 0.4) is 0 Å². The molecule has 1 aromatic rings. The molecule has 106 valence electrons. The fourth-order valence-corrected chi connectivity index (χ4v) is 1.48. The van der Waals surface area contributed by atoms with Gasteiger partial charge in [-0.2, -0.15) is 0 Å². The smallest absolute Gasteiger partial charge is 0.407 e. The van der Waals surface area contributed by atoms with Crippen LogP contribution < -0.4 is 16.6 Å². The first-order chi connectivity index (χ1) is 8.78. The number of anilines is 1. The maximum atomic E-state index is 11.5. The first kappa shape index (κ1) is 15.1. The molecule has 0 saturated heterocycles. The molecular formula is C13H21N3O3. The molecular weight excluding hydrogens is 246 g/mol. The van der Waals surface area contributed by atoms with Gasteiger partial charge >= 0.3 is 6.09 Å². The van der Waals surface area contributed by atoms with Crippen LogP contribution in [0.1, 0.15) is 27.2 Å². The van der Waals surface area contributed by atoms with Crippen LogP contribution in [0.4, 0.5) is 10.5 Å². The second-order valence-corrected chi connectivity index (χ2v) is 5.28. The summed E-state index contributed by atoms with van der Waals surface area (Å²) in [6.45, 7) is 6.35. The molecule has 1 aromatic heterocycles. The molecule has 0 aliphatic carbocycles. The van der Waals surface area contributed by atoms with E-state index >= 15 is 0 Å². The topological polar surface area (TPSA) is 86.3 Å². The summed E-state index contributed by atoms with van der Waals surface area (Å²) in [4.78, 5) is 22.9. The third kappa shape index (κ3) is 5.94. The number of aromatic nitrogens is 1. The number of alkyl carbamates (subject to hydrolysis) is 1. The van der Waals surface area contributed by atoms with Gasteiger partial charge in [0.2, 0.25) is 0 Å². The Bertz CT molecular complexity index is 489. The van der Waals surface area contributed by atoms with Gasteiger partial charge in [0, 0.05) is 31.0 Å². The van der Waals surface area contributed by atoms with Gasteiger partial charge in [-0.1, -0.05) is 0 Å². The van der Waals surface area contributed by atoms with E-state index in [1.54, 1.807) is 33.0 Å². The van der Waals surface area contributed by atoms with E-state index in [-0.39, 0.29) is 5.56 Å². The number of hydrogen-bond acceptors (Lipinski definition) is 4. The van der Waals surface area contributed by atoms with Crippen LogP contribution in [0.25, 0.3) is 0 Å². The molecule has 1 amide bonds. The molecule has 0 bridgehead atoms. The summed E-state index contributed by atoms with van der Waals surface area (Å²) in [7, 11) is 0. The van der Waals surface area contributed by atoms with Gasteiger partial charge in [-0.15, -0.1) is 0 Å². The van der Waals surface area contributed by atoms with Crippen molar-refractivity contribution in [1.82, 2.24) is 9.88 Å². The highest BCUT2D eigenvalue weighted by Gasteiger charge is 2.15. The Labute approximate surface area is 112 Å². The van der Waals surface area contributed by atoms with Crippen LogP contribution in [-0.2, 0) is 11.3 Å². The SMILES string of the molecule is CC(C)(C)OC(=O)NCCCn1cc(N)ccc1=O. The molecule has 1 heterocycles. The van der Waals surface area contributed by atoms with Gasteiger partial charge in [-0.25, -0.2) is 4.79 Å². The standard InChI is InChI=1S/C13H21N3O3/c1-13(2,3)19-12(18)15-7-4-8-16-9-10(14)5-6-11(16)17/h5-6,9H,4,7-8,14H2,1-3H3,(H,15,18). The molecule has 6 nitrogen and oxygen atoms in total. The van der Waals surface area contributed by atoms with Crippen molar-refractivity contribution < 1.29 is 9.53 Å². The molecule has 19 heavy (non-hydrogen) atoms. The van der Waals surface area contributed by atoms with Crippen LogP contribution in [0, 0.1) is 0 Å². The van der Waals surface area contributed by atoms with E-state index in [1.807, 2.05) is 0 Å². The first-order valence-electron chi connectivity index (χ1n) is 6.21. The predicted molar refractivity (Wildman–Crippen MR) is 74.0 cm³/mol. The van der Waals surface area contributed by atoms with Crippen molar-refractivity contribution in [2.24, 2.45) is 0 Å². The largest absolute Gasteiger partial charge is 0.444 e. The molecule has 0 aliphatic rings. The summed E-state index contributed by atoms with van der Waals surface area (Å²) >= 11 is 0. The second kappa shape index (κ2) is 6.26. The van der Waals surface area contributed by atoms with Crippen molar-refractivity contribution in [2.75, 3.05) is 12.3 Å². The number of amides is 1. The Morgan fingerprint density at radius 1 is 1.42 bits per heavy atom. The normalized spacial score (nSPS) is 11.1. The highest BCUT2D eigenvalue weighted by atomic mass is 16.6. The van der Waals surface area contributed by atoms with Crippen molar-refractivity contribution >= 4 is 11.8 Å². The number of aryl methyl sites for hydroxylation is 1. The summed E-state index contributed by atoms with van der Waals surface area (Å²) in [5.74, 6) is 0. The number of carbonyl (C=O) groups is 1. The Kier molecular flexibility index (Phi) is 4.97. The minimum atomic E-state index is -0.505. The van der Waals surface area contributed by atoms with Gasteiger partial charge in [0.1, 0.15) is 5.60 Å². The van der Waals surface area contributed by atoms with Crippen LogP contribution >= 0.6 is 0 Å². The zero-order chi connectivity index (χ0) is 14.5. The van der Waals surface area contributed by atoms with Gasteiger partial charge in [-0.05, 0) is 33.3 Å². The monoisotopic (exact) mass is 267 g/mol. The summed E-state index contributed by atoms with van der Waals surface area (Å²) in [6.07, 6.45) is 1.77. The molecule has 0 radical (unpaired) electrons. The number of pyridine rings is 1. The van der Waals surface area contributed by atoms with Crippen molar-refractivity contribution in [3.8, 4) is 0 Å². The van der Waals surface area contributed by atoms with Crippen molar-refractivity contribution in [2.45, 2.75) is 39.3 Å². The summed E-state index contributed by atoms with van der Waals surface area (Å²) < 4.78 is 6.61.